The van der Waals surface area contributed by atoms with Gasteiger partial charge in [0, 0.05) is 17.8 Å². The number of esters is 1. The zero-order valence-electron chi connectivity index (χ0n) is 15.5. The Hall–Kier alpha value is -2.80. The Kier molecular flexibility index (Phi) is 6.13. The molecule has 1 aliphatic heterocycles. The van der Waals surface area contributed by atoms with Crippen molar-refractivity contribution in [1.29, 1.82) is 0 Å². The van der Waals surface area contributed by atoms with E-state index in [9.17, 15) is 4.79 Å². The largest absolute Gasteiger partial charge is 0.462 e. The number of nitrogens with zero attached hydrogens (tertiary/aromatic N) is 2. The Morgan fingerprint density at radius 2 is 2.15 bits per heavy atom. The molecule has 140 valence electrons. The maximum Gasteiger partial charge on any atom is 0.338 e. The van der Waals surface area contributed by atoms with Crippen molar-refractivity contribution < 1.29 is 14.3 Å². The van der Waals surface area contributed by atoms with Gasteiger partial charge < -0.3 is 14.8 Å². The van der Waals surface area contributed by atoms with Gasteiger partial charge in [-0.2, -0.15) is 0 Å². The van der Waals surface area contributed by atoms with Crippen LogP contribution in [0.5, 0.6) is 11.5 Å². The Bertz CT molecular complexity index is 909. The lowest BCUT2D eigenvalue weighted by Gasteiger charge is -2.14. The van der Waals surface area contributed by atoms with Gasteiger partial charge in [0.25, 0.3) is 0 Å². The number of benzene rings is 1. The molecule has 0 saturated heterocycles. The number of hydrogen-bond donors (Lipinski definition) is 1. The zero-order chi connectivity index (χ0) is 19.2. The van der Waals surface area contributed by atoms with Crippen LogP contribution in [-0.2, 0) is 4.74 Å². The van der Waals surface area contributed by atoms with Gasteiger partial charge in [-0.05, 0) is 50.0 Å². The summed E-state index contributed by atoms with van der Waals surface area (Å²) in [4.78, 5) is 20.8. The molecule has 1 aliphatic rings. The van der Waals surface area contributed by atoms with E-state index in [1.54, 1.807) is 37.4 Å². The molecule has 0 radical (unpaired) electrons. The Labute approximate surface area is 162 Å². The molecule has 1 aromatic carbocycles. The van der Waals surface area contributed by atoms with Crippen LogP contribution in [0.3, 0.4) is 0 Å². The van der Waals surface area contributed by atoms with Crippen molar-refractivity contribution >= 4 is 28.7 Å². The van der Waals surface area contributed by atoms with E-state index in [4.69, 9.17) is 9.47 Å². The number of pyridine rings is 1. The Morgan fingerprint density at radius 1 is 1.30 bits per heavy atom. The van der Waals surface area contributed by atoms with E-state index >= 15 is 0 Å². The van der Waals surface area contributed by atoms with Crippen molar-refractivity contribution in [3.63, 3.8) is 0 Å². The maximum atomic E-state index is 12.1. The number of carbonyl (C=O) groups is 1. The molecule has 0 fully saturated rings. The van der Waals surface area contributed by atoms with Crippen molar-refractivity contribution in [3.05, 3.63) is 58.6 Å². The highest BCUT2D eigenvalue weighted by molar-refractivity contribution is 8.16. The van der Waals surface area contributed by atoms with E-state index in [2.05, 4.69) is 20.7 Å². The molecule has 0 atom stereocenters. The van der Waals surface area contributed by atoms with Crippen LogP contribution in [0.2, 0.25) is 0 Å². The molecule has 1 aromatic heterocycles. The summed E-state index contributed by atoms with van der Waals surface area (Å²) in [6.45, 7) is 6.69. The SMILES string of the molecule is CCOC(=O)c1cccc(Oc2ccnc(NC3=NCC(C)=CS3)c2)c1C. The molecule has 0 bridgehead atoms. The number of nitrogens with one attached hydrogen (secondary N) is 1. The predicted molar refractivity (Wildman–Crippen MR) is 109 cm³/mol. The molecule has 7 heteroatoms. The van der Waals surface area contributed by atoms with E-state index in [-0.39, 0.29) is 5.97 Å². The van der Waals surface area contributed by atoms with Gasteiger partial charge in [-0.25, -0.2) is 9.78 Å². The van der Waals surface area contributed by atoms with Gasteiger partial charge in [0.1, 0.15) is 17.3 Å². The van der Waals surface area contributed by atoms with Crippen LogP contribution in [-0.4, -0.2) is 29.3 Å². The van der Waals surface area contributed by atoms with Gasteiger partial charge in [-0.3, -0.25) is 4.99 Å². The monoisotopic (exact) mass is 383 g/mol. The van der Waals surface area contributed by atoms with Crippen LogP contribution in [0, 0.1) is 6.92 Å². The van der Waals surface area contributed by atoms with Gasteiger partial charge in [0.15, 0.2) is 5.17 Å². The van der Waals surface area contributed by atoms with E-state index in [0.29, 0.717) is 36.0 Å². The summed E-state index contributed by atoms with van der Waals surface area (Å²) in [6, 6.07) is 8.89. The van der Waals surface area contributed by atoms with Crippen molar-refractivity contribution in [1.82, 2.24) is 4.98 Å². The molecular formula is C20H21N3O3S. The molecule has 0 aliphatic carbocycles. The third kappa shape index (κ3) is 4.89. The van der Waals surface area contributed by atoms with E-state index < -0.39 is 0 Å². The first-order chi connectivity index (χ1) is 13.1. The second kappa shape index (κ2) is 8.73. The Morgan fingerprint density at radius 3 is 2.89 bits per heavy atom. The van der Waals surface area contributed by atoms with Gasteiger partial charge >= 0.3 is 5.97 Å². The van der Waals surface area contributed by atoms with Crippen molar-refractivity contribution in [2.75, 3.05) is 18.5 Å². The minimum atomic E-state index is -0.354. The highest BCUT2D eigenvalue weighted by Crippen LogP contribution is 2.29. The van der Waals surface area contributed by atoms with Crippen LogP contribution < -0.4 is 10.1 Å². The number of aliphatic imine (C=N–C) groups is 1. The number of carbonyl (C=O) groups excluding carboxylic acids is 1. The van der Waals surface area contributed by atoms with E-state index in [1.807, 2.05) is 19.9 Å². The van der Waals surface area contributed by atoms with Gasteiger partial charge in [-0.15, -0.1) is 0 Å². The molecule has 27 heavy (non-hydrogen) atoms. The van der Waals surface area contributed by atoms with E-state index in [1.165, 1.54) is 17.3 Å². The molecule has 1 N–H and O–H groups in total. The normalized spacial score (nSPS) is 13.4. The third-order valence-electron chi connectivity index (χ3n) is 3.82. The maximum absolute atomic E-state index is 12.1. The van der Waals surface area contributed by atoms with Gasteiger partial charge in [0.05, 0.1) is 18.7 Å². The molecule has 0 saturated carbocycles. The van der Waals surface area contributed by atoms with Crippen LogP contribution in [0.1, 0.15) is 29.8 Å². The quantitative estimate of drug-likeness (QED) is 0.749. The summed E-state index contributed by atoms with van der Waals surface area (Å²) in [5.74, 6) is 1.50. The lowest BCUT2D eigenvalue weighted by atomic mass is 10.1. The molecule has 2 heterocycles. The van der Waals surface area contributed by atoms with Gasteiger partial charge in [0.2, 0.25) is 0 Å². The number of hydrogen-bond acceptors (Lipinski definition) is 7. The molecule has 0 spiro atoms. The Balaban J connectivity index is 1.75. The first kappa shape index (κ1) is 19.0. The van der Waals surface area contributed by atoms with Crippen LogP contribution >= 0.6 is 11.8 Å². The summed E-state index contributed by atoms with van der Waals surface area (Å²) >= 11 is 1.53. The second-order valence-electron chi connectivity index (χ2n) is 5.96. The minimum Gasteiger partial charge on any atom is -0.462 e. The topological polar surface area (TPSA) is 72.8 Å². The minimum absolute atomic E-state index is 0.333. The lowest BCUT2D eigenvalue weighted by molar-refractivity contribution is 0.0525. The smallest absolute Gasteiger partial charge is 0.338 e. The standard InChI is InChI=1S/C20H21N3O3S/c1-4-25-19(24)16-6-5-7-17(14(16)3)26-15-8-9-21-18(10-15)23-20-22-11-13(2)12-27-20/h5-10,12H,4,11H2,1-3H3,(H,21,22,23). The number of anilines is 1. The number of rotatable bonds is 5. The van der Waals surface area contributed by atoms with Crippen molar-refractivity contribution in [3.8, 4) is 11.5 Å². The summed E-state index contributed by atoms with van der Waals surface area (Å²) in [5.41, 5.74) is 2.46. The number of ether oxygens (including phenoxy) is 2. The van der Waals surface area contributed by atoms with Crippen LogP contribution in [0.25, 0.3) is 0 Å². The fourth-order valence-electron chi connectivity index (χ4n) is 2.43. The summed E-state index contributed by atoms with van der Waals surface area (Å²) in [5, 5.41) is 6.06. The molecule has 0 unspecified atom stereocenters. The number of thioether (sulfide) groups is 1. The van der Waals surface area contributed by atoms with Gasteiger partial charge in [-0.1, -0.05) is 17.8 Å². The molecule has 3 rings (SSSR count). The van der Waals surface area contributed by atoms with Crippen LogP contribution in [0.15, 0.2) is 52.5 Å². The average Bonchev–Trinajstić information content (AvgIpc) is 2.66. The van der Waals surface area contributed by atoms with E-state index in [0.717, 1.165) is 10.7 Å². The fraction of sp³-hybridized carbons (Fsp3) is 0.250. The molecule has 6 nitrogen and oxygen atoms in total. The molecular weight excluding hydrogens is 362 g/mol. The molecule has 2 aromatic rings. The predicted octanol–water partition coefficient (Wildman–Crippen LogP) is 4.78. The zero-order valence-corrected chi connectivity index (χ0v) is 16.3. The van der Waals surface area contributed by atoms with Crippen LogP contribution in [0.4, 0.5) is 5.82 Å². The highest BCUT2D eigenvalue weighted by atomic mass is 32.2. The number of amidine groups is 1. The average molecular weight is 383 g/mol. The summed E-state index contributed by atoms with van der Waals surface area (Å²) in [6.07, 6.45) is 1.66. The lowest BCUT2D eigenvalue weighted by Crippen LogP contribution is -2.11. The summed E-state index contributed by atoms with van der Waals surface area (Å²) in [7, 11) is 0. The van der Waals surface area contributed by atoms with Crippen molar-refractivity contribution in [2.24, 2.45) is 4.99 Å². The van der Waals surface area contributed by atoms with Crippen molar-refractivity contribution in [2.45, 2.75) is 20.8 Å². The number of aromatic nitrogens is 1. The fourth-order valence-corrected chi connectivity index (χ4v) is 3.12. The first-order valence-electron chi connectivity index (χ1n) is 8.61. The highest BCUT2D eigenvalue weighted by Gasteiger charge is 2.14. The first-order valence-corrected chi connectivity index (χ1v) is 9.49. The molecule has 0 amide bonds. The third-order valence-corrected chi connectivity index (χ3v) is 4.79. The second-order valence-corrected chi connectivity index (χ2v) is 6.81. The summed E-state index contributed by atoms with van der Waals surface area (Å²) < 4.78 is 11.1.